The number of aromatic nitrogens is 1. The van der Waals surface area contributed by atoms with E-state index in [0.29, 0.717) is 5.82 Å². The first kappa shape index (κ1) is 8.05. The molecule has 1 rings (SSSR count). The van der Waals surface area contributed by atoms with Crippen molar-refractivity contribution in [2.24, 2.45) is 0 Å². The normalized spacial score (nSPS) is 11.5. The fourth-order valence-electron chi connectivity index (χ4n) is 0.849. The van der Waals surface area contributed by atoms with Crippen LogP contribution in [0.1, 0.15) is 26.3 Å². The SMILES string of the molecule is CC(C)(C)c1ccc(N)nc1. The average Bonchev–Trinajstić information content (AvgIpc) is 1.86. The number of rotatable bonds is 0. The van der Waals surface area contributed by atoms with Crippen LogP contribution in [0.15, 0.2) is 18.3 Å². The molecule has 0 aliphatic rings. The Hall–Kier alpha value is -1.05. The molecule has 0 atom stereocenters. The van der Waals surface area contributed by atoms with Crippen molar-refractivity contribution in [2.45, 2.75) is 26.2 Å². The Labute approximate surface area is 67.5 Å². The van der Waals surface area contributed by atoms with Crippen molar-refractivity contribution in [3.05, 3.63) is 23.9 Å². The molecule has 0 aromatic carbocycles. The first-order valence-electron chi connectivity index (χ1n) is 3.72. The van der Waals surface area contributed by atoms with Crippen LogP contribution in [0.3, 0.4) is 0 Å². The smallest absolute Gasteiger partial charge is 0.123 e. The topological polar surface area (TPSA) is 38.9 Å². The van der Waals surface area contributed by atoms with Crippen LogP contribution >= 0.6 is 0 Å². The van der Waals surface area contributed by atoms with Gasteiger partial charge in [-0.25, -0.2) is 4.98 Å². The van der Waals surface area contributed by atoms with E-state index in [4.69, 9.17) is 5.73 Å². The van der Waals surface area contributed by atoms with Gasteiger partial charge in [-0.3, -0.25) is 0 Å². The molecule has 0 spiro atoms. The van der Waals surface area contributed by atoms with Crippen LogP contribution in [-0.2, 0) is 5.41 Å². The van der Waals surface area contributed by atoms with Crippen LogP contribution < -0.4 is 5.73 Å². The Balaban J connectivity index is 2.99. The van der Waals surface area contributed by atoms with Crippen molar-refractivity contribution in [2.75, 3.05) is 5.73 Å². The number of pyridine rings is 1. The number of nitrogens with two attached hydrogens (primary N) is 1. The van der Waals surface area contributed by atoms with E-state index in [1.807, 2.05) is 18.3 Å². The monoisotopic (exact) mass is 150 g/mol. The third-order valence-corrected chi connectivity index (χ3v) is 1.65. The molecule has 0 saturated heterocycles. The predicted octanol–water partition coefficient (Wildman–Crippen LogP) is 1.96. The fraction of sp³-hybridized carbons (Fsp3) is 0.444. The molecule has 0 aliphatic carbocycles. The summed E-state index contributed by atoms with van der Waals surface area (Å²) < 4.78 is 0. The predicted molar refractivity (Wildman–Crippen MR) is 47.3 cm³/mol. The molecule has 0 aliphatic heterocycles. The Kier molecular flexibility index (Phi) is 1.85. The molecule has 1 aromatic rings. The minimum absolute atomic E-state index is 0.167. The van der Waals surface area contributed by atoms with Gasteiger partial charge in [0.2, 0.25) is 0 Å². The minimum atomic E-state index is 0.167. The highest BCUT2D eigenvalue weighted by Gasteiger charge is 2.12. The third kappa shape index (κ3) is 1.93. The van der Waals surface area contributed by atoms with Crippen LogP contribution in [0.4, 0.5) is 5.82 Å². The molecule has 1 heterocycles. The Morgan fingerprint density at radius 3 is 2.27 bits per heavy atom. The van der Waals surface area contributed by atoms with Gasteiger partial charge in [0, 0.05) is 6.20 Å². The van der Waals surface area contributed by atoms with Crippen LogP contribution in [-0.4, -0.2) is 4.98 Å². The van der Waals surface area contributed by atoms with Crippen LogP contribution in [0.25, 0.3) is 0 Å². The van der Waals surface area contributed by atoms with Crippen molar-refractivity contribution in [1.29, 1.82) is 0 Å². The lowest BCUT2D eigenvalue weighted by Gasteiger charge is -2.17. The zero-order chi connectivity index (χ0) is 8.48. The summed E-state index contributed by atoms with van der Waals surface area (Å²) in [4.78, 5) is 4.02. The maximum Gasteiger partial charge on any atom is 0.123 e. The summed E-state index contributed by atoms with van der Waals surface area (Å²) in [5, 5.41) is 0. The molecule has 2 heteroatoms. The summed E-state index contributed by atoms with van der Waals surface area (Å²) in [7, 11) is 0. The fourth-order valence-corrected chi connectivity index (χ4v) is 0.849. The first-order chi connectivity index (χ1) is 5.00. The van der Waals surface area contributed by atoms with E-state index < -0.39 is 0 Å². The second kappa shape index (κ2) is 2.53. The van der Waals surface area contributed by atoms with E-state index in [-0.39, 0.29) is 5.41 Å². The molecule has 0 amide bonds. The standard InChI is InChI=1S/C9H14N2/c1-9(2,3)7-4-5-8(10)11-6-7/h4-6H,1-3H3,(H2,10,11). The lowest BCUT2D eigenvalue weighted by Crippen LogP contribution is -2.11. The van der Waals surface area contributed by atoms with E-state index in [2.05, 4.69) is 25.8 Å². The number of nitrogens with zero attached hydrogens (tertiary/aromatic N) is 1. The van der Waals surface area contributed by atoms with Gasteiger partial charge in [-0.15, -0.1) is 0 Å². The maximum atomic E-state index is 5.46. The quantitative estimate of drug-likeness (QED) is 0.614. The molecule has 1 aromatic heterocycles. The summed E-state index contributed by atoms with van der Waals surface area (Å²) >= 11 is 0. The van der Waals surface area contributed by atoms with E-state index in [1.165, 1.54) is 5.56 Å². The minimum Gasteiger partial charge on any atom is -0.384 e. The van der Waals surface area contributed by atoms with Crippen molar-refractivity contribution >= 4 is 5.82 Å². The van der Waals surface area contributed by atoms with Crippen LogP contribution in [0.2, 0.25) is 0 Å². The second-order valence-corrected chi connectivity index (χ2v) is 3.72. The van der Waals surface area contributed by atoms with E-state index in [9.17, 15) is 0 Å². The Morgan fingerprint density at radius 1 is 1.27 bits per heavy atom. The molecule has 0 radical (unpaired) electrons. The average molecular weight is 150 g/mol. The molecule has 2 nitrogen and oxygen atoms in total. The first-order valence-corrected chi connectivity index (χ1v) is 3.72. The van der Waals surface area contributed by atoms with Crippen molar-refractivity contribution < 1.29 is 0 Å². The highest BCUT2D eigenvalue weighted by atomic mass is 14.8. The van der Waals surface area contributed by atoms with Gasteiger partial charge >= 0.3 is 0 Å². The number of nitrogen functional groups attached to an aromatic ring is 1. The second-order valence-electron chi connectivity index (χ2n) is 3.72. The van der Waals surface area contributed by atoms with Gasteiger partial charge < -0.3 is 5.73 Å². The molecule has 0 bridgehead atoms. The lowest BCUT2D eigenvalue weighted by molar-refractivity contribution is 0.588. The molecule has 0 saturated carbocycles. The Morgan fingerprint density at radius 2 is 1.91 bits per heavy atom. The third-order valence-electron chi connectivity index (χ3n) is 1.65. The van der Waals surface area contributed by atoms with Crippen molar-refractivity contribution in [1.82, 2.24) is 4.98 Å². The molecule has 11 heavy (non-hydrogen) atoms. The molecule has 0 unspecified atom stereocenters. The van der Waals surface area contributed by atoms with Crippen molar-refractivity contribution in [3.63, 3.8) is 0 Å². The van der Waals surface area contributed by atoms with E-state index in [0.717, 1.165) is 0 Å². The van der Waals surface area contributed by atoms with Gasteiger partial charge in [-0.2, -0.15) is 0 Å². The largest absolute Gasteiger partial charge is 0.384 e. The highest BCUT2D eigenvalue weighted by molar-refractivity contribution is 5.31. The zero-order valence-electron chi connectivity index (χ0n) is 7.26. The van der Waals surface area contributed by atoms with Gasteiger partial charge in [0.05, 0.1) is 0 Å². The number of hydrogen-bond acceptors (Lipinski definition) is 2. The Bertz CT molecular complexity index is 231. The van der Waals surface area contributed by atoms with Crippen molar-refractivity contribution in [3.8, 4) is 0 Å². The molecular formula is C9H14N2. The van der Waals surface area contributed by atoms with Gasteiger partial charge in [0.1, 0.15) is 5.82 Å². The summed E-state index contributed by atoms with van der Waals surface area (Å²) in [6.45, 7) is 6.46. The number of hydrogen-bond donors (Lipinski definition) is 1. The zero-order valence-corrected chi connectivity index (χ0v) is 7.26. The summed E-state index contributed by atoms with van der Waals surface area (Å²) in [5.74, 6) is 0.581. The highest BCUT2D eigenvalue weighted by Crippen LogP contribution is 2.20. The molecule has 60 valence electrons. The molecule has 2 N–H and O–H groups in total. The van der Waals surface area contributed by atoms with Gasteiger partial charge in [-0.05, 0) is 17.0 Å². The summed E-state index contributed by atoms with van der Waals surface area (Å²) in [5.41, 5.74) is 6.84. The molecule has 0 fully saturated rings. The van der Waals surface area contributed by atoms with E-state index >= 15 is 0 Å². The summed E-state index contributed by atoms with van der Waals surface area (Å²) in [6.07, 6.45) is 1.83. The lowest BCUT2D eigenvalue weighted by atomic mass is 9.88. The van der Waals surface area contributed by atoms with Crippen LogP contribution in [0, 0.1) is 0 Å². The van der Waals surface area contributed by atoms with Gasteiger partial charge in [0.25, 0.3) is 0 Å². The van der Waals surface area contributed by atoms with Gasteiger partial charge in [-0.1, -0.05) is 26.8 Å². The summed E-state index contributed by atoms with van der Waals surface area (Å²) in [6, 6.07) is 3.85. The van der Waals surface area contributed by atoms with E-state index in [1.54, 1.807) is 0 Å². The van der Waals surface area contributed by atoms with Crippen LogP contribution in [0.5, 0.6) is 0 Å². The number of anilines is 1. The maximum absolute atomic E-state index is 5.46. The van der Waals surface area contributed by atoms with Gasteiger partial charge in [0.15, 0.2) is 0 Å². The molecular weight excluding hydrogens is 136 g/mol.